The van der Waals surface area contributed by atoms with Crippen LogP contribution in [0, 0.1) is 6.92 Å². The van der Waals surface area contributed by atoms with E-state index < -0.39 is 12.3 Å². The number of aryl methyl sites for hydroxylation is 1. The number of fused-ring (bicyclic) bond motifs is 2. The van der Waals surface area contributed by atoms with E-state index in [9.17, 15) is 18.0 Å². The Labute approximate surface area is 229 Å². The summed E-state index contributed by atoms with van der Waals surface area (Å²) >= 11 is 0. The highest BCUT2D eigenvalue weighted by Gasteiger charge is 2.43. The van der Waals surface area contributed by atoms with E-state index in [-0.39, 0.29) is 42.0 Å². The summed E-state index contributed by atoms with van der Waals surface area (Å²) < 4.78 is 60.5. The molecular formula is C29H30F3N3O5. The molecule has 2 aromatic heterocycles. The Balaban J connectivity index is 1.19. The van der Waals surface area contributed by atoms with Gasteiger partial charge in [0.15, 0.2) is 0 Å². The molecule has 212 valence electrons. The number of esters is 1. The summed E-state index contributed by atoms with van der Waals surface area (Å²) in [5.41, 5.74) is 2.58. The van der Waals surface area contributed by atoms with E-state index in [0.29, 0.717) is 22.6 Å². The van der Waals surface area contributed by atoms with E-state index in [2.05, 4.69) is 19.8 Å². The van der Waals surface area contributed by atoms with Gasteiger partial charge in [-0.2, -0.15) is 0 Å². The second kappa shape index (κ2) is 10.4. The molecule has 4 heterocycles. The van der Waals surface area contributed by atoms with Crippen LogP contribution in [0.25, 0.3) is 11.3 Å². The van der Waals surface area contributed by atoms with Gasteiger partial charge in [-0.1, -0.05) is 17.3 Å². The number of rotatable bonds is 8. The highest BCUT2D eigenvalue weighted by molar-refractivity contribution is 5.89. The molecule has 1 aliphatic carbocycles. The Hall–Kier alpha value is -3.60. The van der Waals surface area contributed by atoms with E-state index in [0.717, 1.165) is 49.9 Å². The molecule has 6 rings (SSSR count). The number of piperidine rings is 1. The average Bonchev–Trinajstić information content (AvgIpc) is 3.63. The third kappa shape index (κ3) is 5.26. The first-order chi connectivity index (χ1) is 19.2. The van der Waals surface area contributed by atoms with Crippen molar-refractivity contribution in [2.45, 2.75) is 82.5 Å². The molecule has 40 heavy (non-hydrogen) atoms. The van der Waals surface area contributed by atoms with Crippen molar-refractivity contribution < 1.29 is 36.7 Å². The molecule has 0 spiro atoms. The molecule has 2 saturated heterocycles. The lowest BCUT2D eigenvalue weighted by atomic mass is 9.98. The Morgan fingerprint density at radius 3 is 2.50 bits per heavy atom. The van der Waals surface area contributed by atoms with E-state index in [1.54, 1.807) is 18.3 Å². The maximum absolute atomic E-state index is 13.1. The van der Waals surface area contributed by atoms with Gasteiger partial charge in [-0.25, -0.2) is 9.78 Å². The first-order valence-corrected chi connectivity index (χ1v) is 13.5. The first kappa shape index (κ1) is 26.6. The molecule has 1 aromatic carbocycles. The number of hydrogen-bond acceptors (Lipinski definition) is 8. The van der Waals surface area contributed by atoms with E-state index in [1.165, 1.54) is 19.2 Å². The van der Waals surface area contributed by atoms with Crippen molar-refractivity contribution in [2.75, 3.05) is 12.0 Å². The maximum Gasteiger partial charge on any atom is 0.573 e. The fraction of sp³-hybridized carbons (Fsp3) is 0.483. The molecule has 2 bridgehead atoms. The molecule has 1 unspecified atom stereocenters. The van der Waals surface area contributed by atoms with Gasteiger partial charge in [0.05, 0.1) is 25.4 Å². The van der Waals surface area contributed by atoms with Gasteiger partial charge in [-0.3, -0.25) is 0 Å². The summed E-state index contributed by atoms with van der Waals surface area (Å²) in [6.07, 6.45) is 2.22. The summed E-state index contributed by atoms with van der Waals surface area (Å²) in [5, 5.41) is 4.18. The zero-order valence-electron chi connectivity index (χ0n) is 22.2. The van der Waals surface area contributed by atoms with Crippen LogP contribution in [0.1, 0.15) is 71.7 Å². The monoisotopic (exact) mass is 557 g/mol. The lowest BCUT2D eigenvalue weighted by molar-refractivity contribution is -0.274. The molecule has 0 amide bonds. The van der Waals surface area contributed by atoms with Gasteiger partial charge in [0.2, 0.25) is 0 Å². The highest BCUT2D eigenvalue weighted by Crippen LogP contribution is 2.46. The van der Waals surface area contributed by atoms with Crippen LogP contribution in [-0.4, -0.2) is 47.8 Å². The fourth-order valence-electron chi connectivity index (χ4n) is 6.09. The standard InChI is InChI=1S/C29H30F3N3O5/c1-16-11-18(28(36)37-2)14-33-27(16)35-19-9-10-20(35)13-21(12-19)38-15-23-25(34-40-26(23)17-7-8-17)22-5-3-4-6-24(22)39-29(30,31)32/h3-6,11,14,17,19-21H,7-10,12-13,15H2,1-2H3/t19-,20+,21?. The van der Waals surface area contributed by atoms with Crippen LogP contribution < -0.4 is 9.64 Å². The van der Waals surface area contributed by atoms with Gasteiger partial charge >= 0.3 is 12.3 Å². The van der Waals surface area contributed by atoms with Crippen LogP contribution in [0.3, 0.4) is 0 Å². The van der Waals surface area contributed by atoms with Crippen LogP contribution in [0.2, 0.25) is 0 Å². The molecule has 0 radical (unpaired) electrons. The number of ether oxygens (including phenoxy) is 3. The van der Waals surface area contributed by atoms with Gasteiger partial charge in [0, 0.05) is 35.3 Å². The normalized spacial score (nSPS) is 22.4. The molecule has 3 atom stereocenters. The number of methoxy groups -OCH3 is 1. The minimum absolute atomic E-state index is 0.0279. The zero-order chi connectivity index (χ0) is 28.0. The Kier molecular flexibility index (Phi) is 6.93. The maximum atomic E-state index is 13.1. The van der Waals surface area contributed by atoms with Crippen LogP contribution in [0.4, 0.5) is 19.0 Å². The summed E-state index contributed by atoms with van der Waals surface area (Å²) in [4.78, 5) is 18.9. The first-order valence-electron chi connectivity index (χ1n) is 13.5. The summed E-state index contributed by atoms with van der Waals surface area (Å²) in [6, 6.07) is 8.26. The van der Waals surface area contributed by atoms with Crippen LogP contribution in [0.15, 0.2) is 41.1 Å². The number of carbonyl (C=O) groups is 1. The van der Waals surface area contributed by atoms with E-state index in [4.69, 9.17) is 14.0 Å². The number of anilines is 1. The summed E-state index contributed by atoms with van der Waals surface area (Å²) in [6.45, 7) is 2.14. The van der Waals surface area contributed by atoms with Crippen LogP contribution in [0.5, 0.6) is 5.75 Å². The highest BCUT2D eigenvalue weighted by atomic mass is 19.4. The molecule has 3 aliphatic rings. The third-order valence-electron chi connectivity index (χ3n) is 8.00. The molecular weight excluding hydrogens is 527 g/mol. The second-order valence-electron chi connectivity index (χ2n) is 10.7. The van der Waals surface area contributed by atoms with Gasteiger partial charge in [0.1, 0.15) is 23.0 Å². The molecule has 3 aromatic rings. The minimum atomic E-state index is -4.82. The number of pyridine rings is 1. The number of hydrogen-bond donors (Lipinski definition) is 0. The van der Waals surface area contributed by atoms with E-state index >= 15 is 0 Å². The SMILES string of the molecule is COC(=O)c1cnc(N2[C@@H]3CC[C@H]2CC(OCc2c(-c4ccccc4OC(F)(F)F)noc2C2CC2)C3)c(C)c1. The number of nitrogens with zero attached hydrogens (tertiary/aromatic N) is 3. The topological polar surface area (TPSA) is 86.9 Å². The number of para-hydroxylation sites is 1. The number of benzene rings is 1. The number of alkyl halides is 3. The van der Waals surface area contributed by atoms with Crippen molar-refractivity contribution >= 4 is 11.8 Å². The third-order valence-corrected chi connectivity index (χ3v) is 8.00. The predicted molar refractivity (Wildman–Crippen MR) is 138 cm³/mol. The molecule has 11 heteroatoms. The number of aromatic nitrogens is 2. The largest absolute Gasteiger partial charge is 0.573 e. The molecule has 2 aliphatic heterocycles. The Morgan fingerprint density at radius 1 is 1.12 bits per heavy atom. The van der Waals surface area contributed by atoms with Crippen molar-refractivity contribution in [3.05, 3.63) is 59.0 Å². The summed E-state index contributed by atoms with van der Waals surface area (Å²) in [7, 11) is 1.35. The lowest BCUT2D eigenvalue weighted by Crippen LogP contribution is -2.46. The van der Waals surface area contributed by atoms with Crippen molar-refractivity contribution in [1.82, 2.24) is 10.1 Å². The predicted octanol–water partition coefficient (Wildman–Crippen LogP) is 6.32. The van der Waals surface area contributed by atoms with Gasteiger partial charge < -0.3 is 23.6 Å². The average molecular weight is 558 g/mol. The lowest BCUT2D eigenvalue weighted by Gasteiger charge is -2.40. The Morgan fingerprint density at radius 2 is 1.85 bits per heavy atom. The quantitative estimate of drug-likeness (QED) is 0.297. The van der Waals surface area contributed by atoms with Crippen molar-refractivity contribution in [3.63, 3.8) is 0 Å². The number of carbonyl (C=O) groups excluding carboxylic acids is 1. The Bertz CT molecular complexity index is 1390. The molecule has 8 nitrogen and oxygen atoms in total. The van der Waals surface area contributed by atoms with Crippen LogP contribution in [-0.2, 0) is 16.1 Å². The van der Waals surface area contributed by atoms with Gasteiger partial charge in [-0.15, -0.1) is 13.2 Å². The minimum Gasteiger partial charge on any atom is -0.465 e. The number of halogens is 3. The van der Waals surface area contributed by atoms with E-state index in [1.807, 2.05) is 13.0 Å². The fourth-order valence-corrected chi connectivity index (χ4v) is 6.09. The molecule has 3 fully saturated rings. The zero-order valence-corrected chi connectivity index (χ0v) is 22.2. The van der Waals surface area contributed by atoms with Crippen molar-refractivity contribution in [1.29, 1.82) is 0 Å². The van der Waals surface area contributed by atoms with Crippen LogP contribution >= 0.6 is 0 Å². The molecule has 0 N–H and O–H groups in total. The summed E-state index contributed by atoms with van der Waals surface area (Å²) in [5.74, 6) is 1.03. The van der Waals surface area contributed by atoms with Crippen molar-refractivity contribution in [2.24, 2.45) is 0 Å². The smallest absolute Gasteiger partial charge is 0.465 e. The van der Waals surface area contributed by atoms with Crippen molar-refractivity contribution in [3.8, 4) is 17.0 Å². The van der Waals surface area contributed by atoms with Gasteiger partial charge in [0.25, 0.3) is 0 Å². The van der Waals surface area contributed by atoms with Gasteiger partial charge in [-0.05, 0) is 69.2 Å². The molecule has 1 saturated carbocycles. The second-order valence-corrected chi connectivity index (χ2v) is 10.7.